The van der Waals surface area contributed by atoms with Gasteiger partial charge in [-0.05, 0) is 25.3 Å². The number of likely N-dealkylation sites (tertiary alicyclic amines) is 1. The molecule has 0 unspecified atom stereocenters. The fourth-order valence-corrected chi connectivity index (χ4v) is 3.37. The van der Waals surface area contributed by atoms with Gasteiger partial charge in [-0.3, -0.25) is 4.79 Å². The maximum Gasteiger partial charge on any atom is 0.288 e. The van der Waals surface area contributed by atoms with Crippen molar-refractivity contribution in [2.24, 2.45) is 0 Å². The van der Waals surface area contributed by atoms with Crippen LogP contribution in [0.5, 0.6) is 0 Å². The van der Waals surface area contributed by atoms with Crippen LogP contribution in [-0.2, 0) is 11.3 Å². The van der Waals surface area contributed by atoms with E-state index in [4.69, 9.17) is 0 Å². The Kier molecular flexibility index (Phi) is 4.93. The zero-order chi connectivity index (χ0) is 12.4. The first kappa shape index (κ1) is 14.5. The standard InChI is InChI=1S/C14H17N2OS.BrH/c17-14(15-8-4-1-5-9-15)10-16-11-18-13-7-3-2-6-12(13)16;/h2-3,6-7,11H,1,4-5,8-10H2;1H/q+1;. The second-order valence-electron chi connectivity index (χ2n) is 4.76. The van der Waals surface area contributed by atoms with Crippen molar-refractivity contribution in [2.45, 2.75) is 25.8 Å². The Morgan fingerprint density at radius 3 is 2.74 bits per heavy atom. The topological polar surface area (TPSA) is 24.2 Å². The van der Waals surface area contributed by atoms with Crippen molar-refractivity contribution >= 4 is 44.4 Å². The third-order valence-electron chi connectivity index (χ3n) is 3.50. The van der Waals surface area contributed by atoms with Crippen LogP contribution < -0.4 is 4.57 Å². The lowest BCUT2D eigenvalue weighted by Gasteiger charge is -2.25. The van der Waals surface area contributed by atoms with E-state index in [9.17, 15) is 4.79 Å². The van der Waals surface area contributed by atoms with Gasteiger partial charge in [-0.2, -0.15) is 4.57 Å². The van der Waals surface area contributed by atoms with E-state index in [0.717, 1.165) is 31.4 Å². The lowest BCUT2D eigenvalue weighted by molar-refractivity contribution is -0.654. The lowest BCUT2D eigenvalue weighted by atomic mass is 10.1. The molecule has 0 saturated carbocycles. The van der Waals surface area contributed by atoms with Gasteiger partial charge in [0.25, 0.3) is 5.91 Å². The van der Waals surface area contributed by atoms with Crippen LogP contribution in [0, 0.1) is 0 Å². The van der Waals surface area contributed by atoms with Crippen LogP contribution in [0.25, 0.3) is 10.2 Å². The lowest BCUT2D eigenvalue weighted by Crippen LogP contribution is -2.45. The minimum absolute atomic E-state index is 0. The number of carbonyl (C=O) groups excluding carboxylic acids is 1. The summed E-state index contributed by atoms with van der Waals surface area (Å²) in [5, 5.41) is 0. The third-order valence-corrected chi connectivity index (χ3v) is 4.46. The molecule has 0 bridgehead atoms. The maximum atomic E-state index is 12.2. The summed E-state index contributed by atoms with van der Waals surface area (Å²) in [4.78, 5) is 14.2. The Balaban J connectivity index is 0.00000133. The smallest absolute Gasteiger partial charge is 0.288 e. The number of rotatable bonds is 2. The average Bonchev–Trinajstić information content (AvgIpc) is 2.83. The number of hydrogen-bond acceptors (Lipinski definition) is 2. The number of para-hydroxylation sites is 1. The second-order valence-corrected chi connectivity index (χ2v) is 5.65. The molecule has 0 N–H and O–H groups in total. The normalized spacial score (nSPS) is 15.3. The quantitative estimate of drug-likeness (QED) is 0.770. The number of thiazole rings is 1. The molecule has 1 fully saturated rings. The van der Waals surface area contributed by atoms with Gasteiger partial charge in [-0.15, -0.1) is 17.0 Å². The fraction of sp³-hybridized carbons (Fsp3) is 0.429. The van der Waals surface area contributed by atoms with Gasteiger partial charge in [0.2, 0.25) is 17.6 Å². The molecule has 19 heavy (non-hydrogen) atoms. The highest BCUT2D eigenvalue weighted by atomic mass is 79.9. The van der Waals surface area contributed by atoms with Gasteiger partial charge in [0.05, 0.1) is 0 Å². The van der Waals surface area contributed by atoms with Crippen LogP contribution in [0.1, 0.15) is 19.3 Å². The van der Waals surface area contributed by atoms with Gasteiger partial charge in [0.1, 0.15) is 4.70 Å². The summed E-state index contributed by atoms with van der Waals surface area (Å²) in [7, 11) is 0. The van der Waals surface area contributed by atoms with Gasteiger partial charge in [-0.25, -0.2) is 0 Å². The second kappa shape index (κ2) is 6.48. The van der Waals surface area contributed by atoms with Crippen LogP contribution in [-0.4, -0.2) is 23.9 Å². The summed E-state index contributed by atoms with van der Waals surface area (Å²) in [6.07, 6.45) is 3.57. The molecule has 5 heteroatoms. The van der Waals surface area contributed by atoms with Gasteiger partial charge in [0.15, 0.2) is 0 Å². The Morgan fingerprint density at radius 1 is 1.21 bits per heavy atom. The van der Waals surface area contributed by atoms with Crippen LogP contribution in [0.4, 0.5) is 0 Å². The van der Waals surface area contributed by atoms with E-state index in [1.807, 2.05) is 22.5 Å². The number of carbonyl (C=O) groups is 1. The largest absolute Gasteiger partial charge is 0.337 e. The van der Waals surface area contributed by atoms with Gasteiger partial charge < -0.3 is 4.90 Å². The first-order chi connectivity index (χ1) is 8.84. The van der Waals surface area contributed by atoms with Crippen molar-refractivity contribution in [2.75, 3.05) is 13.1 Å². The summed E-state index contributed by atoms with van der Waals surface area (Å²) in [5.74, 6) is 0.253. The summed E-state index contributed by atoms with van der Waals surface area (Å²) in [5.41, 5.74) is 3.21. The molecule has 1 saturated heterocycles. The monoisotopic (exact) mass is 341 g/mol. The van der Waals surface area contributed by atoms with E-state index in [1.165, 1.54) is 11.1 Å². The minimum atomic E-state index is 0. The molecular weight excluding hydrogens is 324 g/mol. The number of fused-ring (bicyclic) bond motifs is 1. The van der Waals surface area contributed by atoms with Crippen LogP contribution >= 0.6 is 28.3 Å². The molecule has 1 aliphatic rings. The van der Waals surface area contributed by atoms with E-state index < -0.39 is 0 Å². The Labute approximate surface area is 127 Å². The van der Waals surface area contributed by atoms with E-state index in [-0.39, 0.29) is 22.9 Å². The molecule has 1 aromatic carbocycles. The van der Waals surface area contributed by atoms with Gasteiger partial charge >= 0.3 is 0 Å². The van der Waals surface area contributed by atoms with E-state index in [2.05, 4.69) is 16.7 Å². The molecule has 3 nitrogen and oxygen atoms in total. The number of halogens is 1. The summed E-state index contributed by atoms with van der Waals surface area (Å²) in [6.45, 7) is 2.34. The molecule has 0 atom stereocenters. The molecule has 2 heterocycles. The van der Waals surface area contributed by atoms with E-state index in [0.29, 0.717) is 6.54 Å². The van der Waals surface area contributed by atoms with Gasteiger partial charge in [0, 0.05) is 19.2 Å². The Hall–Kier alpha value is -0.940. The molecule has 1 aromatic heterocycles. The summed E-state index contributed by atoms with van der Waals surface area (Å²) in [6, 6.07) is 8.24. The summed E-state index contributed by atoms with van der Waals surface area (Å²) >= 11 is 1.69. The van der Waals surface area contributed by atoms with E-state index >= 15 is 0 Å². The molecule has 1 amide bonds. The van der Waals surface area contributed by atoms with Crippen molar-refractivity contribution in [3.8, 4) is 0 Å². The average molecular weight is 342 g/mol. The number of amides is 1. The molecular formula is C14H18BrN2OS+. The molecule has 2 aromatic rings. The molecule has 3 rings (SSSR count). The first-order valence-corrected chi connectivity index (χ1v) is 7.36. The molecule has 102 valence electrons. The Bertz CT molecular complexity index is 563. The van der Waals surface area contributed by atoms with E-state index in [1.54, 1.807) is 11.3 Å². The predicted molar refractivity (Wildman–Crippen MR) is 82.8 cm³/mol. The van der Waals surface area contributed by atoms with Crippen molar-refractivity contribution in [3.63, 3.8) is 0 Å². The van der Waals surface area contributed by atoms with Crippen LogP contribution in [0.3, 0.4) is 0 Å². The maximum absolute atomic E-state index is 12.2. The van der Waals surface area contributed by atoms with Crippen LogP contribution in [0.2, 0.25) is 0 Å². The number of aromatic nitrogens is 1. The van der Waals surface area contributed by atoms with Crippen LogP contribution in [0.15, 0.2) is 29.8 Å². The third kappa shape index (κ3) is 3.15. The molecule has 0 radical (unpaired) electrons. The highest BCUT2D eigenvalue weighted by Crippen LogP contribution is 2.15. The number of nitrogens with zero attached hydrogens (tertiary/aromatic N) is 2. The highest BCUT2D eigenvalue weighted by molar-refractivity contribution is 8.93. The van der Waals surface area contributed by atoms with Gasteiger partial charge in [-0.1, -0.05) is 23.5 Å². The zero-order valence-electron chi connectivity index (χ0n) is 10.7. The molecule has 0 spiro atoms. The summed E-state index contributed by atoms with van der Waals surface area (Å²) < 4.78 is 3.31. The van der Waals surface area contributed by atoms with Crippen molar-refractivity contribution < 1.29 is 9.36 Å². The number of piperidine rings is 1. The first-order valence-electron chi connectivity index (χ1n) is 6.48. The molecule has 0 aliphatic carbocycles. The van der Waals surface area contributed by atoms with Crippen molar-refractivity contribution in [1.82, 2.24) is 4.90 Å². The zero-order valence-corrected chi connectivity index (χ0v) is 13.3. The number of hydrogen-bond donors (Lipinski definition) is 0. The number of benzene rings is 1. The van der Waals surface area contributed by atoms with Crippen molar-refractivity contribution in [3.05, 3.63) is 29.8 Å². The van der Waals surface area contributed by atoms with Crippen molar-refractivity contribution in [1.29, 1.82) is 0 Å². The minimum Gasteiger partial charge on any atom is -0.337 e. The predicted octanol–water partition coefficient (Wildman–Crippen LogP) is 2.78. The fourth-order valence-electron chi connectivity index (χ4n) is 2.48. The molecule has 1 aliphatic heterocycles. The SMILES string of the molecule is Br.O=C(C[n+]1csc2ccccc21)N1CCCCC1. The Morgan fingerprint density at radius 2 is 1.95 bits per heavy atom. The highest BCUT2D eigenvalue weighted by Gasteiger charge is 2.22.